The third kappa shape index (κ3) is 2.42. The number of benzene rings is 1. The molecule has 2 aromatic heterocycles. The maximum Gasteiger partial charge on any atom is 0.232 e. The Bertz CT molecular complexity index is 704. The van der Waals surface area contributed by atoms with Crippen LogP contribution in [0.2, 0.25) is 0 Å². The molecule has 1 atom stereocenters. The van der Waals surface area contributed by atoms with Gasteiger partial charge in [-0.05, 0) is 18.6 Å². The first-order chi connectivity index (χ1) is 9.78. The predicted molar refractivity (Wildman–Crippen MR) is 71.0 cm³/mol. The SMILES string of the molecule is CCCC(O)c1noc(Cc2noc3ccccc23)n1. The van der Waals surface area contributed by atoms with E-state index in [1.807, 2.05) is 31.2 Å². The molecule has 1 unspecified atom stereocenters. The van der Waals surface area contributed by atoms with Crippen LogP contribution in [0.25, 0.3) is 11.0 Å². The molecule has 0 saturated heterocycles. The largest absolute Gasteiger partial charge is 0.385 e. The summed E-state index contributed by atoms with van der Waals surface area (Å²) in [6, 6.07) is 7.61. The Balaban J connectivity index is 1.81. The Kier molecular flexibility index (Phi) is 3.47. The van der Waals surface area contributed by atoms with Gasteiger partial charge in [-0.15, -0.1) is 0 Å². The molecule has 20 heavy (non-hydrogen) atoms. The Hall–Kier alpha value is -2.21. The van der Waals surface area contributed by atoms with Crippen LogP contribution in [0.4, 0.5) is 0 Å². The quantitative estimate of drug-likeness (QED) is 0.769. The molecule has 6 heteroatoms. The van der Waals surface area contributed by atoms with Crippen molar-refractivity contribution in [1.82, 2.24) is 15.3 Å². The van der Waals surface area contributed by atoms with Crippen molar-refractivity contribution < 1.29 is 14.2 Å². The van der Waals surface area contributed by atoms with Gasteiger partial charge in [-0.25, -0.2) is 0 Å². The molecule has 0 bridgehead atoms. The normalized spacial score (nSPS) is 12.9. The third-order valence-corrected chi connectivity index (χ3v) is 3.11. The van der Waals surface area contributed by atoms with Crippen LogP contribution in [0.1, 0.15) is 43.3 Å². The average molecular weight is 273 g/mol. The molecule has 0 aliphatic rings. The molecule has 3 rings (SSSR count). The van der Waals surface area contributed by atoms with Gasteiger partial charge in [-0.3, -0.25) is 0 Å². The van der Waals surface area contributed by atoms with Crippen LogP contribution >= 0.6 is 0 Å². The second-order valence-electron chi connectivity index (χ2n) is 4.65. The average Bonchev–Trinajstić information content (AvgIpc) is 3.08. The highest BCUT2D eigenvalue weighted by Gasteiger charge is 2.17. The highest BCUT2D eigenvalue weighted by molar-refractivity contribution is 5.79. The molecule has 1 aromatic carbocycles. The molecular formula is C14H15N3O3. The van der Waals surface area contributed by atoms with Crippen molar-refractivity contribution in [3.05, 3.63) is 41.7 Å². The fourth-order valence-corrected chi connectivity index (χ4v) is 2.09. The lowest BCUT2D eigenvalue weighted by Crippen LogP contribution is -1.99. The Morgan fingerprint density at radius 2 is 2.05 bits per heavy atom. The summed E-state index contributed by atoms with van der Waals surface area (Å²) >= 11 is 0. The van der Waals surface area contributed by atoms with Crippen LogP contribution in [-0.2, 0) is 6.42 Å². The summed E-state index contributed by atoms with van der Waals surface area (Å²) in [6.07, 6.45) is 1.19. The van der Waals surface area contributed by atoms with Gasteiger partial charge in [0, 0.05) is 5.39 Å². The molecule has 6 nitrogen and oxygen atoms in total. The van der Waals surface area contributed by atoms with Gasteiger partial charge in [0.15, 0.2) is 11.4 Å². The molecule has 0 aliphatic heterocycles. The van der Waals surface area contributed by atoms with Crippen molar-refractivity contribution in [2.75, 3.05) is 0 Å². The van der Waals surface area contributed by atoms with Crippen LogP contribution < -0.4 is 0 Å². The lowest BCUT2D eigenvalue weighted by Gasteiger charge is -2.01. The zero-order chi connectivity index (χ0) is 13.9. The molecule has 0 spiro atoms. The van der Waals surface area contributed by atoms with Crippen LogP contribution in [0.15, 0.2) is 33.3 Å². The number of rotatable bonds is 5. The molecule has 0 fully saturated rings. The summed E-state index contributed by atoms with van der Waals surface area (Å²) in [5.74, 6) is 0.754. The fourth-order valence-electron chi connectivity index (χ4n) is 2.09. The molecule has 0 radical (unpaired) electrons. The van der Waals surface area contributed by atoms with E-state index in [2.05, 4.69) is 15.3 Å². The van der Waals surface area contributed by atoms with E-state index in [9.17, 15) is 5.11 Å². The minimum atomic E-state index is -0.674. The lowest BCUT2D eigenvalue weighted by atomic mass is 10.2. The Morgan fingerprint density at radius 1 is 1.20 bits per heavy atom. The molecule has 2 heterocycles. The summed E-state index contributed by atoms with van der Waals surface area (Å²) in [5, 5.41) is 18.6. The predicted octanol–water partition coefficient (Wildman–Crippen LogP) is 2.64. The summed E-state index contributed by atoms with van der Waals surface area (Å²) in [4.78, 5) is 4.20. The zero-order valence-electron chi connectivity index (χ0n) is 11.1. The first-order valence-electron chi connectivity index (χ1n) is 6.61. The number of aliphatic hydroxyl groups excluding tert-OH is 1. The van der Waals surface area contributed by atoms with E-state index in [1.165, 1.54) is 0 Å². The Morgan fingerprint density at radius 3 is 2.90 bits per heavy atom. The first-order valence-corrected chi connectivity index (χ1v) is 6.61. The van der Waals surface area contributed by atoms with Gasteiger partial charge in [-0.2, -0.15) is 4.98 Å². The van der Waals surface area contributed by atoms with Gasteiger partial charge < -0.3 is 14.2 Å². The highest BCUT2D eigenvalue weighted by Crippen LogP contribution is 2.21. The standard InChI is InChI=1S/C14H15N3O3/c1-2-5-11(18)14-15-13(20-17-14)8-10-9-6-3-4-7-12(9)19-16-10/h3-4,6-7,11,18H,2,5,8H2,1H3. The topological polar surface area (TPSA) is 85.2 Å². The van der Waals surface area contributed by atoms with Gasteiger partial charge in [0.1, 0.15) is 11.8 Å². The number of aromatic nitrogens is 3. The van der Waals surface area contributed by atoms with Crippen LogP contribution in [0.5, 0.6) is 0 Å². The second-order valence-corrected chi connectivity index (χ2v) is 4.65. The van der Waals surface area contributed by atoms with Crippen LogP contribution in [0.3, 0.4) is 0 Å². The van der Waals surface area contributed by atoms with Gasteiger partial charge in [0.25, 0.3) is 0 Å². The first kappa shape index (κ1) is 12.8. The summed E-state index contributed by atoms with van der Waals surface area (Å²) in [6.45, 7) is 1.99. The number of hydrogen-bond acceptors (Lipinski definition) is 6. The molecule has 1 N–H and O–H groups in total. The maximum absolute atomic E-state index is 9.81. The van der Waals surface area contributed by atoms with Crippen molar-refractivity contribution in [2.45, 2.75) is 32.3 Å². The molecule has 3 aromatic rings. The molecule has 0 aliphatic carbocycles. The van der Waals surface area contributed by atoms with E-state index in [1.54, 1.807) is 0 Å². The van der Waals surface area contributed by atoms with Crippen molar-refractivity contribution in [3.8, 4) is 0 Å². The monoisotopic (exact) mass is 273 g/mol. The van der Waals surface area contributed by atoms with Crippen molar-refractivity contribution in [1.29, 1.82) is 0 Å². The minimum Gasteiger partial charge on any atom is -0.385 e. The number of fused-ring (bicyclic) bond motifs is 1. The maximum atomic E-state index is 9.81. The van der Waals surface area contributed by atoms with E-state index in [-0.39, 0.29) is 0 Å². The highest BCUT2D eigenvalue weighted by atomic mass is 16.5. The number of nitrogens with zero attached hydrogens (tertiary/aromatic N) is 3. The fraction of sp³-hybridized carbons (Fsp3) is 0.357. The van der Waals surface area contributed by atoms with E-state index in [0.29, 0.717) is 24.6 Å². The molecule has 0 amide bonds. The van der Waals surface area contributed by atoms with E-state index < -0.39 is 6.10 Å². The molecule has 0 saturated carbocycles. The Labute approximate surface area is 115 Å². The minimum absolute atomic E-state index is 0.328. The second kappa shape index (κ2) is 5.42. The van der Waals surface area contributed by atoms with Gasteiger partial charge in [0.05, 0.1) is 6.42 Å². The van der Waals surface area contributed by atoms with E-state index in [4.69, 9.17) is 9.05 Å². The van der Waals surface area contributed by atoms with Gasteiger partial charge in [0.2, 0.25) is 5.89 Å². The number of para-hydroxylation sites is 1. The zero-order valence-corrected chi connectivity index (χ0v) is 11.1. The van der Waals surface area contributed by atoms with E-state index in [0.717, 1.165) is 23.1 Å². The van der Waals surface area contributed by atoms with Gasteiger partial charge >= 0.3 is 0 Å². The van der Waals surface area contributed by atoms with Gasteiger partial charge in [-0.1, -0.05) is 35.8 Å². The lowest BCUT2D eigenvalue weighted by molar-refractivity contribution is 0.152. The van der Waals surface area contributed by atoms with Crippen LogP contribution in [-0.4, -0.2) is 20.4 Å². The van der Waals surface area contributed by atoms with Crippen molar-refractivity contribution >= 4 is 11.0 Å². The summed E-state index contributed by atoms with van der Waals surface area (Å²) in [7, 11) is 0. The number of aliphatic hydroxyl groups is 1. The van der Waals surface area contributed by atoms with E-state index >= 15 is 0 Å². The summed E-state index contributed by atoms with van der Waals surface area (Å²) in [5.41, 5.74) is 1.48. The smallest absolute Gasteiger partial charge is 0.232 e. The number of hydrogen-bond donors (Lipinski definition) is 1. The summed E-state index contributed by atoms with van der Waals surface area (Å²) < 4.78 is 10.4. The van der Waals surface area contributed by atoms with Crippen LogP contribution in [0, 0.1) is 0 Å². The van der Waals surface area contributed by atoms with Crippen molar-refractivity contribution in [2.24, 2.45) is 0 Å². The van der Waals surface area contributed by atoms with Crippen molar-refractivity contribution in [3.63, 3.8) is 0 Å². The third-order valence-electron chi connectivity index (χ3n) is 3.11. The molecule has 104 valence electrons. The molecular weight excluding hydrogens is 258 g/mol.